The van der Waals surface area contributed by atoms with Gasteiger partial charge in [0.15, 0.2) is 0 Å². The van der Waals surface area contributed by atoms with Gasteiger partial charge in [-0.3, -0.25) is 4.90 Å². The average Bonchev–Trinajstić information content (AvgIpc) is 3.32. The van der Waals surface area contributed by atoms with Crippen LogP contribution in [0.1, 0.15) is 17.8 Å². The van der Waals surface area contributed by atoms with E-state index < -0.39 is 10.0 Å². The second-order valence-corrected chi connectivity index (χ2v) is 10.0. The standard InChI is InChI=1S/C20H24N4O2S2/c25-28(26,20-8-4-15-27-20)24-11-5-10-22(13-14-24)17-19-21-9-12-23(19)16-18-6-2-1-3-7-18/h1-4,6-9,12,15H,5,10-11,13-14,16-17H2. The quantitative estimate of drug-likeness (QED) is 0.620. The predicted molar refractivity (Wildman–Crippen MR) is 111 cm³/mol. The minimum Gasteiger partial charge on any atom is -0.329 e. The maximum absolute atomic E-state index is 12.8. The van der Waals surface area contributed by atoms with Crippen molar-refractivity contribution in [3.05, 3.63) is 71.6 Å². The average molecular weight is 417 g/mol. The number of imidazole rings is 1. The number of rotatable bonds is 6. The second kappa shape index (κ2) is 8.57. The molecule has 6 nitrogen and oxygen atoms in total. The van der Waals surface area contributed by atoms with Gasteiger partial charge in [-0.1, -0.05) is 36.4 Å². The molecule has 0 radical (unpaired) electrons. The van der Waals surface area contributed by atoms with Crippen LogP contribution < -0.4 is 0 Å². The van der Waals surface area contributed by atoms with Gasteiger partial charge < -0.3 is 4.57 Å². The van der Waals surface area contributed by atoms with Gasteiger partial charge in [-0.15, -0.1) is 11.3 Å². The van der Waals surface area contributed by atoms with Crippen LogP contribution in [0.4, 0.5) is 0 Å². The van der Waals surface area contributed by atoms with E-state index in [1.165, 1.54) is 16.9 Å². The molecule has 1 fully saturated rings. The number of hydrogen-bond acceptors (Lipinski definition) is 5. The Balaban J connectivity index is 1.40. The Hall–Kier alpha value is -2.00. The third-order valence-corrected chi connectivity index (χ3v) is 8.27. The molecule has 0 unspecified atom stereocenters. The summed E-state index contributed by atoms with van der Waals surface area (Å²) in [4.78, 5) is 6.84. The van der Waals surface area contributed by atoms with Gasteiger partial charge in [-0.25, -0.2) is 13.4 Å². The number of hydrogen-bond donors (Lipinski definition) is 0. The summed E-state index contributed by atoms with van der Waals surface area (Å²) in [6, 6.07) is 13.8. The van der Waals surface area contributed by atoms with Crippen LogP contribution >= 0.6 is 11.3 Å². The van der Waals surface area contributed by atoms with Crippen LogP contribution in [0, 0.1) is 0 Å². The maximum atomic E-state index is 12.8. The van der Waals surface area contributed by atoms with Crippen molar-refractivity contribution in [2.75, 3.05) is 26.2 Å². The lowest BCUT2D eigenvalue weighted by molar-refractivity contribution is 0.268. The highest BCUT2D eigenvalue weighted by Crippen LogP contribution is 2.22. The summed E-state index contributed by atoms with van der Waals surface area (Å²) in [7, 11) is -3.37. The molecule has 1 aromatic carbocycles. The van der Waals surface area contributed by atoms with E-state index in [9.17, 15) is 8.42 Å². The van der Waals surface area contributed by atoms with Gasteiger partial charge in [0, 0.05) is 38.6 Å². The minimum absolute atomic E-state index is 0.430. The predicted octanol–water partition coefficient (Wildman–Crippen LogP) is 2.89. The molecule has 3 heterocycles. The third kappa shape index (κ3) is 4.35. The third-order valence-electron chi connectivity index (χ3n) is 5.00. The molecule has 0 amide bonds. The van der Waals surface area contributed by atoms with E-state index in [0.29, 0.717) is 23.8 Å². The Morgan fingerprint density at radius 2 is 1.82 bits per heavy atom. The highest BCUT2D eigenvalue weighted by atomic mass is 32.2. The van der Waals surface area contributed by atoms with Crippen LogP contribution in [-0.4, -0.2) is 53.4 Å². The van der Waals surface area contributed by atoms with E-state index in [1.54, 1.807) is 16.4 Å². The lowest BCUT2D eigenvalue weighted by atomic mass is 10.2. The Morgan fingerprint density at radius 1 is 0.964 bits per heavy atom. The summed E-state index contributed by atoms with van der Waals surface area (Å²) in [5.41, 5.74) is 1.24. The van der Waals surface area contributed by atoms with Gasteiger partial charge in [0.25, 0.3) is 10.0 Å². The number of benzene rings is 1. The normalized spacial score (nSPS) is 16.9. The summed E-state index contributed by atoms with van der Waals surface area (Å²) >= 11 is 1.28. The highest BCUT2D eigenvalue weighted by Gasteiger charge is 2.27. The topological polar surface area (TPSA) is 58.4 Å². The molecule has 0 saturated carbocycles. The first kappa shape index (κ1) is 19.3. The summed E-state index contributed by atoms with van der Waals surface area (Å²) < 4.78 is 29.8. The Morgan fingerprint density at radius 3 is 2.61 bits per heavy atom. The molecule has 1 saturated heterocycles. The smallest absolute Gasteiger partial charge is 0.252 e. The van der Waals surface area contributed by atoms with Crippen molar-refractivity contribution in [2.45, 2.75) is 23.7 Å². The fourth-order valence-corrected chi connectivity index (χ4v) is 6.11. The molecule has 0 N–H and O–H groups in total. The summed E-state index contributed by atoms with van der Waals surface area (Å²) in [5, 5.41) is 1.81. The molecule has 148 valence electrons. The fourth-order valence-electron chi connectivity index (χ4n) is 3.50. The van der Waals surface area contributed by atoms with Crippen molar-refractivity contribution in [1.82, 2.24) is 18.8 Å². The molecule has 0 bridgehead atoms. The molecule has 2 aromatic heterocycles. The van der Waals surface area contributed by atoms with Crippen molar-refractivity contribution in [3.8, 4) is 0 Å². The monoisotopic (exact) mass is 416 g/mol. The first-order chi connectivity index (χ1) is 13.6. The van der Waals surface area contributed by atoms with Gasteiger partial charge in [0.2, 0.25) is 0 Å². The van der Waals surface area contributed by atoms with Gasteiger partial charge in [-0.05, 0) is 30.0 Å². The maximum Gasteiger partial charge on any atom is 0.252 e. The molecule has 8 heteroatoms. The molecule has 0 spiro atoms. The molecule has 4 rings (SSSR count). The minimum atomic E-state index is -3.37. The number of aromatic nitrogens is 2. The van der Waals surface area contributed by atoms with Gasteiger partial charge in [0.1, 0.15) is 10.0 Å². The van der Waals surface area contributed by atoms with Crippen LogP contribution in [0.15, 0.2) is 64.4 Å². The number of nitrogens with zero attached hydrogens (tertiary/aromatic N) is 4. The zero-order chi connectivity index (χ0) is 19.4. The van der Waals surface area contributed by atoms with Gasteiger partial charge in [-0.2, -0.15) is 4.31 Å². The van der Waals surface area contributed by atoms with E-state index >= 15 is 0 Å². The van der Waals surface area contributed by atoms with Crippen molar-refractivity contribution in [3.63, 3.8) is 0 Å². The molecule has 28 heavy (non-hydrogen) atoms. The van der Waals surface area contributed by atoms with Crippen LogP contribution in [0.3, 0.4) is 0 Å². The van der Waals surface area contributed by atoms with E-state index in [4.69, 9.17) is 0 Å². The first-order valence-electron chi connectivity index (χ1n) is 9.43. The first-order valence-corrected chi connectivity index (χ1v) is 11.7. The van der Waals surface area contributed by atoms with Gasteiger partial charge in [0.05, 0.1) is 6.54 Å². The summed E-state index contributed by atoms with van der Waals surface area (Å²) in [6.07, 6.45) is 4.67. The summed E-state index contributed by atoms with van der Waals surface area (Å²) in [5.74, 6) is 1.01. The molecule has 3 aromatic rings. The van der Waals surface area contributed by atoms with Crippen molar-refractivity contribution < 1.29 is 8.42 Å². The van der Waals surface area contributed by atoms with E-state index in [0.717, 1.165) is 31.9 Å². The lowest BCUT2D eigenvalue weighted by Crippen LogP contribution is -2.35. The molecule has 0 atom stereocenters. The second-order valence-electron chi connectivity index (χ2n) is 6.92. The molecular weight excluding hydrogens is 392 g/mol. The zero-order valence-corrected chi connectivity index (χ0v) is 17.3. The Labute approximate surface area is 170 Å². The number of sulfonamides is 1. The largest absolute Gasteiger partial charge is 0.329 e. The van der Waals surface area contributed by atoms with Crippen LogP contribution in [0.25, 0.3) is 0 Å². The molecule has 1 aliphatic rings. The molecular formula is C20H24N4O2S2. The van der Waals surface area contributed by atoms with E-state index in [-0.39, 0.29) is 0 Å². The van der Waals surface area contributed by atoms with Crippen molar-refractivity contribution >= 4 is 21.4 Å². The SMILES string of the molecule is O=S(=O)(c1cccs1)N1CCCN(Cc2nccn2Cc2ccccc2)CC1. The van der Waals surface area contributed by atoms with Crippen molar-refractivity contribution in [2.24, 2.45) is 0 Å². The highest BCUT2D eigenvalue weighted by molar-refractivity contribution is 7.91. The van der Waals surface area contributed by atoms with Crippen LogP contribution in [0.2, 0.25) is 0 Å². The molecule has 0 aliphatic carbocycles. The van der Waals surface area contributed by atoms with Crippen LogP contribution in [0.5, 0.6) is 0 Å². The number of thiophene rings is 1. The fraction of sp³-hybridized carbons (Fsp3) is 0.350. The van der Waals surface area contributed by atoms with E-state index in [1.807, 2.05) is 36.0 Å². The summed E-state index contributed by atoms with van der Waals surface area (Å²) in [6.45, 7) is 4.18. The van der Waals surface area contributed by atoms with Crippen LogP contribution in [-0.2, 0) is 23.1 Å². The molecule has 1 aliphatic heterocycles. The lowest BCUT2D eigenvalue weighted by Gasteiger charge is -2.21. The Bertz CT molecular complexity index is 984. The van der Waals surface area contributed by atoms with E-state index in [2.05, 4.69) is 26.6 Å². The Kier molecular flexibility index (Phi) is 5.91. The van der Waals surface area contributed by atoms with Crippen molar-refractivity contribution in [1.29, 1.82) is 0 Å². The van der Waals surface area contributed by atoms with Gasteiger partial charge >= 0.3 is 0 Å². The zero-order valence-electron chi connectivity index (χ0n) is 15.6.